The van der Waals surface area contributed by atoms with Crippen LogP contribution in [-0.4, -0.2) is 74.0 Å². The van der Waals surface area contributed by atoms with E-state index in [4.69, 9.17) is 4.74 Å². The largest absolute Gasteiger partial charge is 0.477 e. The molecule has 1 unspecified atom stereocenters. The van der Waals surface area contributed by atoms with Crippen LogP contribution in [0.5, 0.6) is 5.75 Å². The predicted octanol–water partition coefficient (Wildman–Crippen LogP) is 0.925. The molecular weight excluding hydrogens is 381 g/mol. The molecule has 2 aliphatic heterocycles. The van der Waals surface area contributed by atoms with Crippen LogP contribution in [0.15, 0.2) is 22.1 Å². The van der Waals surface area contributed by atoms with E-state index in [1.807, 2.05) is 23.9 Å². The van der Waals surface area contributed by atoms with Crippen molar-refractivity contribution in [2.75, 3.05) is 50.9 Å². The maximum atomic E-state index is 15.1. The number of aromatic carboxylic acids is 1. The van der Waals surface area contributed by atoms with Crippen molar-refractivity contribution in [1.82, 2.24) is 9.58 Å². The number of halogens is 1. The summed E-state index contributed by atoms with van der Waals surface area (Å²) in [5.41, 5.74) is -0.498. The van der Waals surface area contributed by atoms with Crippen LogP contribution < -0.4 is 20.1 Å². The summed E-state index contributed by atoms with van der Waals surface area (Å²) in [7, 11) is 5.47. The molecule has 1 fully saturated rings. The molecule has 0 spiro atoms. The Hall–Kier alpha value is -3.30. The van der Waals surface area contributed by atoms with Gasteiger partial charge in [0, 0.05) is 40.4 Å². The molecule has 2 aromatic rings. The first-order valence-corrected chi connectivity index (χ1v) is 9.22. The highest BCUT2D eigenvalue weighted by atomic mass is 19.1. The van der Waals surface area contributed by atoms with E-state index in [1.165, 1.54) is 6.20 Å². The second kappa shape index (κ2) is 6.94. The van der Waals surface area contributed by atoms with Gasteiger partial charge in [0.2, 0.25) is 5.43 Å². The number of nitrogens with zero attached hydrogens (tertiary/aromatic N) is 5. The van der Waals surface area contributed by atoms with Crippen molar-refractivity contribution in [3.05, 3.63) is 33.9 Å². The molecule has 29 heavy (non-hydrogen) atoms. The van der Waals surface area contributed by atoms with Crippen molar-refractivity contribution in [3.8, 4) is 5.75 Å². The zero-order chi connectivity index (χ0) is 20.9. The molecule has 0 saturated carbocycles. The lowest BCUT2D eigenvalue weighted by atomic mass is 10.1. The van der Waals surface area contributed by atoms with Crippen molar-refractivity contribution in [2.45, 2.75) is 12.5 Å². The van der Waals surface area contributed by atoms with Gasteiger partial charge in [0.15, 0.2) is 18.3 Å². The van der Waals surface area contributed by atoms with Gasteiger partial charge in [0.1, 0.15) is 16.8 Å². The average molecular weight is 403 g/mol. The van der Waals surface area contributed by atoms with Gasteiger partial charge in [-0.3, -0.25) is 19.5 Å². The van der Waals surface area contributed by atoms with Gasteiger partial charge in [-0.2, -0.15) is 0 Å². The van der Waals surface area contributed by atoms with Crippen LogP contribution in [0.25, 0.3) is 10.9 Å². The summed E-state index contributed by atoms with van der Waals surface area (Å²) in [5, 5.41) is 11.0. The van der Waals surface area contributed by atoms with Crippen molar-refractivity contribution in [1.29, 1.82) is 0 Å². The highest BCUT2D eigenvalue weighted by Gasteiger charge is 2.32. The summed E-state index contributed by atoms with van der Waals surface area (Å²) in [4.78, 5) is 32.3. The Bertz CT molecular complexity index is 1080. The molecule has 0 radical (unpaired) electrons. The quantitative estimate of drug-likeness (QED) is 0.600. The molecule has 1 aromatic carbocycles. The van der Waals surface area contributed by atoms with Gasteiger partial charge in [-0.15, -0.1) is 0 Å². The van der Waals surface area contributed by atoms with Crippen molar-refractivity contribution >= 4 is 28.9 Å². The zero-order valence-corrected chi connectivity index (χ0v) is 16.4. The minimum atomic E-state index is -1.35. The van der Waals surface area contributed by atoms with Gasteiger partial charge in [0.05, 0.1) is 17.8 Å². The molecule has 1 atom stereocenters. The summed E-state index contributed by atoms with van der Waals surface area (Å²) >= 11 is 0. The smallest absolute Gasteiger partial charge is 0.341 e. The first-order chi connectivity index (χ1) is 13.8. The molecule has 3 heterocycles. The topological polar surface area (TPSA) is 90.6 Å². The number of hydrogen-bond acceptors (Lipinski definition) is 6. The number of ether oxygens (including phenoxy) is 1. The Morgan fingerprint density at radius 1 is 1.45 bits per heavy atom. The summed E-state index contributed by atoms with van der Waals surface area (Å²) < 4.78 is 22.5. The minimum absolute atomic E-state index is 0.0194. The number of aromatic nitrogens is 1. The fraction of sp³-hybridized carbons (Fsp3) is 0.421. The molecule has 0 bridgehead atoms. The monoisotopic (exact) mass is 403 g/mol. The molecule has 4 rings (SSSR count). The third kappa shape index (κ3) is 3.14. The lowest BCUT2D eigenvalue weighted by Crippen LogP contribution is -2.40. The first kappa shape index (κ1) is 19.0. The fourth-order valence-corrected chi connectivity index (χ4v) is 3.76. The molecule has 154 valence electrons. The van der Waals surface area contributed by atoms with Gasteiger partial charge in [-0.05, 0) is 12.5 Å². The average Bonchev–Trinajstić information content (AvgIpc) is 3.12. The van der Waals surface area contributed by atoms with E-state index in [0.717, 1.165) is 12.5 Å². The van der Waals surface area contributed by atoms with Gasteiger partial charge in [-0.1, -0.05) is 0 Å². The van der Waals surface area contributed by atoms with Crippen LogP contribution in [0.1, 0.15) is 16.8 Å². The van der Waals surface area contributed by atoms with Crippen molar-refractivity contribution < 1.29 is 19.0 Å². The molecule has 10 heteroatoms. The lowest BCUT2D eigenvalue weighted by molar-refractivity contribution is 0.0694. The normalized spacial score (nSPS) is 18.6. The third-order valence-corrected chi connectivity index (χ3v) is 5.13. The van der Waals surface area contributed by atoms with Crippen LogP contribution in [0.3, 0.4) is 0 Å². The number of benzene rings is 1. The van der Waals surface area contributed by atoms with E-state index in [-0.39, 0.29) is 29.6 Å². The predicted molar refractivity (Wildman–Crippen MR) is 108 cm³/mol. The Kier molecular flexibility index (Phi) is 4.56. The molecule has 1 N–H and O–H groups in total. The maximum Gasteiger partial charge on any atom is 0.341 e. The molecular formula is C19H22FN5O4. The van der Waals surface area contributed by atoms with E-state index in [9.17, 15) is 14.7 Å². The highest BCUT2D eigenvalue weighted by molar-refractivity contribution is 5.97. The van der Waals surface area contributed by atoms with Gasteiger partial charge < -0.3 is 19.6 Å². The number of aliphatic imine (C=N–C) groups is 1. The number of carboxylic acid groups (broad SMARTS) is 1. The van der Waals surface area contributed by atoms with E-state index < -0.39 is 22.8 Å². The standard InChI is InChI=1S/C19H22FN5O4/c1-22(2)9-21-11-4-5-24(7-11)16-14(20)6-12-15-18(16)29-10-23(3)25(15)8-13(17(12)26)19(27)28/h6,8-9,11H,4-5,7,10H2,1-3H3,(H,27,28)/b21-9+. The molecule has 0 amide bonds. The Labute approximate surface area is 166 Å². The second-order valence-electron chi connectivity index (χ2n) is 7.50. The zero-order valence-electron chi connectivity index (χ0n) is 16.4. The molecule has 9 nitrogen and oxygen atoms in total. The van der Waals surface area contributed by atoms with E-state index in [2.05, 4.69) is 4.99 Å². The van der Waals surface area contributed by atoms with E-state index in [0.29, 0.717) is 18.6 Å². The molecule has 2 aliphatic rings. The number of carboxylic acids is 1. The van der Waals surface area contributed by atoms with Crippen LogP contribution in [0.2, 0.25) is 0 Å². The van der Waals surface area contributed by atoms with Gasteiger partial charge >= 0.3 is 5.97 Å². The molecule has 1 saturated heterocycles. The Morgan fingerprint density at radius 3 is 2.90 bits per heavy atom. The minimum Gasteiger partial charge on any atom is -0.477 e. The second-order valence-corrected chi connectivity index (χ2v) is 7.50. The van der Waals surface area contributed by atoms with Gasteiger partial charge in [0.25, 0.3) is 0 Å². The van der Waals surface area contributed by atoms with Crippen molar-refractivity contribution in [3.63, 3.8) is 0 Å². The van der Waals surface area contributed by atoms with Crippen LogP contribution in [-0.2, 0) is 0 Å². The number of carbonyl (C=O) groups is 1. The summed E-state index contributed by atoms with van der Waals surface area (Å²) in [6, 6.07) is 1.14. The molecule has 1 aromatic heterocycles. The van der Waals surface area contributed by atoms with Crippen LogP contribution in [0, 0.1) is 5.82 Å². The van der Waals surface area contributed by atoms with E-state index >= 15 is 4.39 Å². The first-order valence-electron chi connectivity index (χ1n) is 9.22. The number of rotatable bonds is 4. The van der Waals surface area contributed by atoms with Crippen LogP contribution in [0.4, 0.5) is 10.1 Å². The highest BCUT2D eigenvalue weighted by Crippen LogP contribution is 2.41. The summed E-state index contributed by atoms with van der Waals surface area (Å²) in [5.74, 6) is -1.71. The Balaban J connectivity index is 1.86. The molecule has 0 aliphatic carbocycles. The number of pyridine rings is 1. The van der Waals surface area contributed by atoms with E-state index in [1.54, 1.807) is 23.1 Å². The SMILES string of the molecule is CN(C)/C=N/C1CCN(c2c(F)cc3c(=O)c(C(=O)O)cn4c3c2OCN4C)C1. The number of hydrogen-bond donors (Lipinski definition) is 1. The third-order valence-electron chi connectivity index (χ3n) is 5.13. The number of anilines is 1. The fourth-order valence-electron chi connectivity index (χ4n) is 3.76. The lowest BCUT2D eigenvalue weighted by Gasteiger charge is -2.33. The Morgan fingerprint density at radius 2 is 2.21 bits per heavy atom. The van der Waals surface area contributed by atoms with Gasteiger partial charge in [-0.25, -0.2) is 9.18 Å². The van der Waals surface area contributed by atoms with Crippen molar-refractivity contribution in [2.24, 2.45) is 4.99 Å². The summed E-state index contributed by atoms with van der Waals surface area (Å²) in [6.07, 6.45) is 3.77. The summed E-state index contributed by atoms with van der Waals surface area (Å²) in [6.45, 7) is 1.22. The van der Waals surface area contributed by atoms with Crippen LogP contribution >= 0.6 is 0 Å². The maximum absolute atomic E-state index is 15.1.